The van der Waals surface area contributed by atoms with Gasteiger partial charge in [0.25, 0.3) is 0 Å². The van der Waals surface area contributed by atoms with Crippen LogP contribution >= 0.6 is 0 Å². The second-order valence-corrected chi connectivity index (χ2v) is 15.7. The average molecular weight is 780 g/mol. The van der Waals surface area contributed by atoms with Gasteiger partial charge in [0.15, 0.2) is 0 Å². The van der Waals surface area contributed by atoms with Gasteiger partial charge in [-0.05, 0) is 111 Å². The van der Waals surface area contributed by atoms with Crippen LogP contribution in [0.5, 0.6) is 0 Å². The molecule has 0 amide bonds. The third-order valence-electron chi connectivity index (χ3n) is 12.1. The molecule has 61 heavy (non-hydrogen) atoms. The average Bonchev–Trinajstić information content (AvgIpc) is 3.90. The number of para-hydroxylation sites is 4. The number of rotatable bonds is 7. The van der Waals surface area contributed by atoms with Crippen molar-refractivity contribution in [2.24, 2.45) is 0 Å². The Morgan fingerprint density at radius 1 is 0.279 bits per heavy atom. The van der Waals surface area contributed by atoms with Crippen molar-refractivity contribution in [3.05, 3.63) is 224 Å². The molecule has 0 unspecified atom stereocenters. The Labute approximate surface area is 353 Å². The number of benzene rings is 10. The zero-order chi connectivity index (χ0) is 40.3. The van der Waals surface area contributed by atoms with E-state index in [1.807, 2.05) is 24.3 Å². The molecular weight excluding hydrogens is 743 g/mol. The van der Waals surface area contributed by atoms with Crippen LogP contribution in [0, 0.1) is 0 Å². The molecule has 0 aliphatic heterocycles. The minimum absolute atomic E-state index is 0.874. The van der Waals surface area contributed by atoms with E-state index in [0.29, 0.717) is 0 Å². The smallest absolute Gasteiger partial charge is 0.143 e. The fraction of sp³-hybridized carbons (Fsp3) is 0. The van der Waals surface area contributed by atoms with Crippen LogP contribution in [0.1, 0.15) is 0 Å². The van der Waals surface area contributed by atoms with Crippen molar-refractivity contribution in [3.8, 4) is 44.5 Å². The number of hydrogen-bond acceptors (Lipinski definition) is 3. The van der Waals surface area contributed by atoms with Crippen molar-refractivity contribution in [1.82, 2.24) is 0 Å². The predicted molar refractivity (Wildman–Crippen MR) is 255 cm³/mol. The highest BCUT2D eigenvalue weighted by atomic mass is 16.3. The van der Waals surface area contributed by atoms with Crippen LogP contribution in [0.2, 0.25) is 0 Å². The maximum absolute atomic E-state index is 6.45. The van der Waals surface area contributed by atoms with Crippen LogP contribution in [0.3, 0.4) is 0 Å². The monoisotopic (exact) mass is 779 g/mol. The SMILES string of the molecule is c1cc(-c2ccc(N(c3ccc(-c4cccc5c4oc4ccccc45)cc3)c3ccccc3-c3ccc4c(c3)oc3ccccc34)cc2)cc(-c2ccc3ccccc3c2)c1. The summed E-state index contributed by atoms with van der Waals surface area (Å²) in [5.41, 5.74) is 15.8. The highest BCUT2D eigenvalue weighted by Crippen LogP contribution is 2.44. The van der Waals surface area contributed by atoms with E-state index in [2.05, 4.69) is 205 Å². The molecule has 2 heterocycles. The van der Waals surface area contributed by atoms with Gasteiger partial charge in [-0.25, -0.2) is 0 Å². The van der Waals surface area contributed by atoms with E-state index < -0.39 is 0 Å². The zero-order valence-corrected chi connectivity index (χ0v) is 33.1. The molecule has 10 aromatic carbocycles. The molecule has 286 valence electrons. The van der Waals surface area contributed by atoms with Crippen molar-refractivity contribution < 1.29 is 8.83 Å². The normalized spacial score (nSPS) is 11.6. The predicted octanol–water partition coefficient (Wildman–Crippen LogP) is 16.8. The van der Waals surface area contributed by atoms with Gasteiger partial charge in [-0.15, -0.1) is 0 Å². The first-order valence-corrected chi connectivity index (χ1v) is 20.7. The Bertz CT molecular complexity index is 3590. The molecule has 0 fully saturated rings. The minimum Gasteiger partial charge on any atom is -0.456 e. The Morgan fingerprint density at radius 2 is 0.820 bits per heavy atom. The number of fused-ring (bicyclic) bond motifs is 7. The molecule has 12 aromatic rings. The summed E-state index contributed by atoms with van der Waals surface area (Å²) in [6.45, 7) is 0. The number of anilines is 3. The topological polar surface area (TPSA) is 29.5 Å². The zero-order valence-electron chi connectivity index (χ0n) is 33.1. The van der Waals surface area contributed by atoms with E-state index in [1.54, 1.807) is 0 Å². The lowest BCUT2D eigenvalue weighted by atomic mass is 9.97. The Balaban J connectivity index is 0.961. The van der Waals surface area contributed by atoms with Crippen LogP contribution in [0.25, 0.3) is 99.2 Å². The number of hydrogen-bond donors (Lipinski definition) is 0. The first kappa shape index (κ1) is 34.9. The molecular formula is C58H37NO2. The lowest BCUT2D eigenvalue weighted by molar-refractivity contribution is 0.669. The van der Waals surface area contributed by atoms with E-state index >= 15 is 0 Å². The minimum atomic E-state index is 0.874. The molecule has 0 bridgehead atoms. The van der Waals surface area contributed by atoms with Gasteiger partial charge in [0.1, 0.15) is 22.3 Å². The summed E-state index contributed by atoms with van der Waals surface area (Å²) in [5.74, 6) is 0. The van der Waals surface area contributed by atoms with E-state index in [0.717, 1.165) is 88.8 Å². The highest BCUT2D eigenvalue weighted by molar-refractivity contribution is 6.10. The Hall–Kier alpha value is -8.14. The maximum Gasteiger partial charge on any atom is 0.143 e. The van der Waals surface area contributed by atoms with Gasteiger partial charge in [-0.3, -0.25) is 0 Å². The molecule has 0 spiro atoms. The van der Waals surface area contributed by atoms with Crippen molar-refractivity contribution >= 4 is 71.7 Å². The van der Waals surface area contributed by atoms with Crippen LogP contribution in [0.4, 0.5) is 17.1 Å². The lowest BCUT2D eigenvalue weighted by Gasteiger charge is -2.28. The van der Waals surface area contributed by atoms with Gasteiger partial charge in [-0.1, -0.05) is 158 Å². The second kappa shape index (κ2) is 14.3. The van der Waals surface area contributed by atoms with Gasteiger partial charge in [-0.2, -0.15) is 0 Å². The molecule has 0 N–H and O–H groups in total. The second-order valence-electron chi connectivity index (χ2n) is 15.7. The van der Waals surface area contributed by atoms with Gasteiger partial charge in [0, 0.05) is 44.0 Å². The highest BCUT2D eigenvalue weighted by Gasteiger charge is 2.20. The van der Waals surface area contributed by atoms with E-state index in [4.69, 9.17) is 8.83 Å². The van der Waals surface area contributed by atoms with Crippen molar-refractivity contribution in [1.29, 1.82) is 0 Å². The summed E-state index contributed by atoms with van der Waals surface area (Å²) in [6.07, 6.45) is 0. The Kier molecular flexibility index (Phi) is 8.17. The molecule has 0 aliphatic carbocycles. The summed E-state index contributed by atoms with van der Waals surface area (Å²) >= 11 is 0. The Morgan fingerprint density at radius 3 is 1.62 bits per heavy atom. The molecule has 0 atom stereocenters. The van der Waals surface area contributed by atoms with E-state index in [1.165, 1.54) is 27.5 Å². The lowest BCUT2D eigenvalue weighted by Crippen LogP contribution is -2.11. The fourth-order valence-electron chi connectivity index (χ4n) is 9.05. The third-order valence-corrected chi connectivity index (χ3v) is 12.1. The summed E-state index contributed by atoms with van der Waals surface area (Å²) in [6, 6.07) is 80.0. The van der Waals surface area contributed by atoms with Gasteiger partial charge in [0.2, 0.25) is 0 Å². The summed E-state index contributed by atoms with van der Waals surface area (Å²) in [5, 5.41) is 6.98. The maximum atomic E-state index is 6.45. The van der Waals surface area contributed by atoms with Crippen LogP contribution in [0.15, 0.2) is 233 Å². The van der Waals surface area contributed by atoms with Crippen molar-refractivity contribution in [2.45, 2.75) is 0 Å². The van der Waals surface area contributed by atoms with Gasteiger partial charge >= 0.3 is 0 Å². The third kappa shape index (κ3) is 6.06. The number of nitrogens with zero attached hydrogens (tertiary/aromatic N) is 1. The molecule has 0 aliphatic rings. The first-order chi connectivity index (χ1) is 30.2. The molecule has 0 saturated heterocycles. The van der Waals surface area contributed by atoms with Crippen molar-refractivity contribution in [2.75, 3.05) is 4.90 Å². The summed E-state index contributed by atoms with van der Waals surface area (Å²) < 4.78 is 12.8. The standard InChI is InChI=1S/C58H37NO2/c1-2-12-41-36-44(24-23-38(41)11-1)43-14-9-13-42(35-43)39-25-30-46(31-26-39)59(47-32-27-40(28-33-47)49-18-10-19-53-51-17-5-8-22-56(51)61-58(49)53)54-20-6-3-15-48(54)45-29-34-52-50-16-4-7-21-55(50)60-57(52)37-45/h1-37H. The summed E-state index contributed by atoms with van der Waals surface area (Å²) in [7, 11) is 0. The fourth-order valence-corrected chi connectivity index (χ4v) is 9.05. The van der Waals surface area contributed by atoms with E-state index in [-0.39, 0.29) is 0 Å². The molecule has 3 nitrogen and oxygen atoms in total. The van der Waals surface area contributed by atoms with Gasteiger partial charge in [0.05, 0.1) is 5.69 Å². The first-order valence-electron chi connectivity index (χ1n) is 20.7. The largest absolute Gasteiger partial charge is 0.456 e. The summed E-state index contributed by atoms with van der Waals surface area (Å²) in [4.78, 5) is 2.36. The molecule has 0 saturated carbocycles. The number of furan rings is 2. The van der Waals surface area contributed by atoms with Crippen LogP contribution in [-0.4, -0.2) is 0 Å². The molecule has 2 aromatic heterocycles. The molecule has 0 radical (unpaired) electrons. The van der Waals surface area contributed by atoms with Crippen molar-refractivity contribution in [3.63, 3.8) is 0 Å². The van der Waals surface area contributed by atoms with E-state index in [9.17, 15) is 0 Å². The molecule has 12 rings (SSSR count). The van der Waals surface area contributed by atoms with Crippen LogP contribution < -0.4 is 4.90 Å². The molecule has 3 heteroatoms. The van der Waals surface area contributed by atoms with Gasteiger partial charge < -0.3 is 13.7 Å². The van der Waals surface area contributed by atoms with Crippen LogP contribution in [-0.2, 0) is 0 Å². The quantitative estimate of drug-likeness (QED) is 0.161.